The summed E-state index contributed by atoms with van der Waals surface area (Å²) in [5.41, 5.74) is 1.37. The molecule has 0 N–H and O–H groups in total. The van der Waals surface area contributed by atoms with Crippen LogP contribution in [0, 0.1) is 0 Å². The van der Waals surface area contributed by atoms with Crippen LogP contribution >= 0.6 is 11.3 Å². The second-order valence-electron chi connectivity index (χ2n) is 5.00. The molecule has 0 spiro atoms. The molecule has 1 aliphatic carbocycles. The number of aromatic nitrogens is 2. The summed E-state index contributed by atoms with van der Waals surface area (Å²) >= 11 is 1.76. The molecular weight excluding hydrogens is 284 g/mol. The number of hydrogen-bond acceptors (Lipinski definition) is 5. The number of rotatable bonds is 3. The summed E-state index contributed by atoms with van der Waals surface area (Å²) in [5, 5.41) is 1.08. The Morgan fingerprint density at radius 2 is 2.05 bits per heavy atom. The minimum Gasteiger partial charge on any atom is -0.497 e. The maximum absolute atomic E-state index is 5.99. The van der Waals surface area contributed by atoms with Crippen molar-refractivity contribution in [2.75, 3.05) is 7.11 Å². The Morgan fingerprint density at radius 1 is 1.14 bits per heavy atom. The van der Waals surface area contributed by atoms with Crippen LogP contribution in [0.5, 0.6) is 17.4 Å². The number of fused-ring (bicyclic) bond motifs is 3. The molecule has 0 aliphatic heterocycles. The van der Waals surface area contributed by atoms with Gasteiger partial charge in [0, 0.05) is 10.9 Å². The summed E-state index contributed by atoms with van der Waals surface area (Å²) in [7, 11) is 1.65. The molecule has 1 aromatic carbocycles. The van der Waals surface area contributed by atoms with Crippen molar-refractivity contribution in [3.05, 3.63) is 41.0 Å². The normalized spacial score (nSPS) is 13.4. The molecule has 5 heteroatoms. The molecule has 0 radical (unpaired) electrons. The van der Waals surface area contributed by atoms with Gasteiger partial charge < -0.3 is 9.47 Å². The van der Waals surface area contributed by atoms with Crippen LogP contribution in [0.4, 0.5) is 0 Å². The SMILES string of the molecule is COc1cccc(Oc2ncnc3sc4c(c23)CCC4)c1. The van der Waals surface area contributed by atoms with Crippen molar-refractivity contribution in [2.24, 2.45) is 0 Å². The van der Waals surface area contributed by atoms with E-state index in [-0.39, 0.29) is 0 Å². The van der Waals surface area contributed by atoms with Gasteiger partial charge in [-0.2, -0.15) is 0 Å². The molecule has 0 amide bonds. The van der Waals surface area contributed by atoms with Crippen molar-refractivity contribution < 1.29 is 9.47 Å². The van der Waals surface area contributed by atoms with Gasteiger partial charge in [-0.05, 0) is 37.0 Å². The highest BCUT2D eigenvalue weighted by molar-refractivity contribution is 7.18. The molecule has 0 bridgehead atoms. The van der Waals surface area contributed by atoms with Crippen molar-refractivity contribution in [1.29, 1.82) is 0 Å². The molecule has 4 rings (SSSR count). The number of aryl methyl sites for hydroxylation is 2. The zero-order valence-electron chi connectivity index (χ0n) is 11.6. The molecule has 0 saturated heterocycles. The van der Waals surface area contributed by atoms with Gasteiger partial charge in [-0.1, -0.05) is 6.07 Å². The molecule has 0 unspecified atom stereocenters. The Bertz CT molecular complexity index is 813. The fourth-order valence-corrected chi connectivity index (χ4v) is 3.97. The van der Waals surface area contributed by atoms with Crippen LogP contribution < -0.4 is 9.47 Å². The lowest BCUT2D eigenvalue weighted by atomic mass is 10.2. The van der Waals surface area contributed by atoms with Gasteiger partial charge in [0.15, 0.2) is 0 Å². The third-order valence-corrected chi connectivity index (χ3v) is 4.92. The number of nitrogens with zero attached hydrogens (tertiary/aromatic N) is 2. The van der Waals surface area contributed by atoms with Crippen LogP contribution in [0.1, 0.15) is 16.9 Å². The number of hydrogen-bond donors (Lipinski definition) is 0. The van der Waals surface area contributed by atoms with Crippen molar-refractivity contribution in [3.63, 3.8) is 0 Å². The second kappa shape index (κ2) is 5.00. The van der Waals surface area contributed by atoms with E-state index in [1.165, 1.54) is 16.9 Å². The summed E-state index contributed by atoms with van der Waals surface area (Å²) in [6.07, 6.45) is 5.03. The Labute approximate surface area is 126 Å². The molecule has 106 valence electrons. The third kappa shape index (κ3) is 2.14. The van der Waals surface area contributed by atoms with Gasteiger partial charge in [0.2, 0.25) is 5.88 Å². The van der Waals surface area contributed by atoms with E-state index in [2.05, 4.69) is 9.97 Å². The van der Waals surface area contributed by atoms with E-state index in [1.807, 2.05) is 24.3 Å². The largest absolute Gasteiger partial charge is 0.497 e. The fraction of sp³-hybridized carbons (Fsp3) is 0.250. The molecule has 2 aromatic heterocycles. The van der Waals surface area contributed by atoms with E-state index >= 15 is 0 Å². The van der Waals surface area contributed by atoms with Crippen molar-refractivity contribution in [3.8, 4) is 17.4 Å². The summed E-state index contributed by atoms with van der Waals surface area (Å²) in [4.78, 5) is 11.2. The molecular formula is C16H14N2O2S. The molecule has 0 saturated carbocycles. The Hall–Kier alpha value is -2.14. The average molecular weight is 298 g/mol. The molecule has 2 heterocycles. The van der Waals surface area contributed by atoms with Gasteiger partial charge in [0.1, 0.15) is 22.7 Å². The molecule has 0 fully saturated rings. The standard InChI is InChI=1S/C16H14N2O2S/c1-19-10-4-2-5-11(8-10)20-15-14-12-6-3-7-13(12)21-16(14)18-9-17-15/h2,4-5,8-9H,3,6-7H2,1H3. The Morgan fingerprint density at radius 3 is 2.95 bits per heavy atom. The van der Waals surface area contributed by atoms with Crippen LogP contribution in [0.15, 0.2) is 30.6 Å². The van der Waals surface area contributed by atoms with Crippen LogP contribution in [-0.2, 0) is 12.8 Å². The van der Waals surface area contributed by atoms with Gasteiger partial charge in [0.25, 0.3) is 0 Å². The number of ether oxygens (including phenoxy) is 2. The van der Waals surface area contributed by atoms with Crippen LogP contribution in [0.25, 0.3) is 10.2 Å². The first-order valence-corrected chi connectivity index (χ1v) is 7.74. The number of methoxy groups -OCH3 is 1. The van der Waals surface area contributed by atoms with Crippen molar-refractivity contribution >= 4 is 21.6 Å². The van der Waals surface area contributed by atoms with Crippen molar-refractivity contribution in [1.82, 2.24) is 9.97 Å². The zero-order valence-corrected chi connectivity index (χ0v) is 12.4. The maximum Gasteiger partial charge on any atom is 0.231 e. The lowest BCUT2D eigenvalue weighted by Gasteiger charge is -2.08. The third-order valence-electron chi connectivity index (χ3n) is 3.72. The molecule has 21 heavy (non-hydrogen) atoms. The number of thiophene rings is 1. The lowest BCUT2D eigenvalue weighted by molar-refractivity contribution is 0.408. The second-order valence-corrected chi connectivity index (χ2v) is 6.08. The number of benzene rings is 1. The highest BCUT2D eigenvalue weighted by atomic mass is 32.1. The first-order valence-electron chi connectivity index (χ1n) is 6.92. The van der Waals surface area contributed by atoms with Gasteiger partial charge in [-0.15, -0.1) is 11.3 Å². The monoisotopic (exact) mass is 298 g/mol. The van der Waals surface area contributed by atoms with Gasteiger partial charge in [-0.25, -0.2) is 9.97 Å². The van der Waals surface area contributed by atoms with E-state index < -0.39 is 0 Å². The van der Waals surface area contributed by atoms with E-state index in [4.69, 9.17) is 9.47 Å². The lowest BCUT2D eigenvalue weighted by Crippen LogP contribution is -1.92. The quantitative estimate of drug-likeness (QED) is 0.733. The van der Waals surface area contributed by atoms with Crippen LogP contribution in [-0.4, -0.2) is 17.1 Å². The summed E-state index contributed by atoms with van der Waals surface area (Å²) in [5.74, 6) is 2.15. The molecule has 3 aromatic rings. The molecule has 4 nitrogen and oxygen atoms in total. The topological polar surface area (TPSA) is 44.2 Å². The first-order chi connectivity index (χ1) is 10.3. The maximum atomic E-state index is 5.99. The van der Waals surface area contributed by atoms with E-state index in [9.17, 15) is 0 Å². The average Bonchev–Trinajstić information content (AvgIpc) is 3.08. The van der Waals surface area contributed by atoms with Gasteiger partial charge in [-0.3, -0.25) is 0 Å². The van der Waals surface area contributed by atoms with Crippen LogP contribution in [0.3, 0.4) is 0 Å². The van der Waals surface area contributed by atoms with E-state index in [1.54, 1.807) is 24.8 Å². The molecule has 0 atom stereocenters. The van der Waals surface area contributed by atoms with Gasteiger partial charge >= 0.3 is 0 Å². The first kappa shape index (κ1) is 12.6. The van der Waals surface area contributed by atoms with E-state index in [0.717, 1.165) is 34.6 Å². The predicted octanol–water partition coefficient (Wildman–Crippen LogP) is 3.98. The van der Waals surface area contributed by atoms with E-state index in [0.29, 0.717) is 5.88 Å². The summed E-state index contributed by atoms with van der Waals surface area (Å²) in [6, 6.07) is 7.57. The highest BCUT2D eigenvalue weighted by Gasteiger charge is 2.22. The minimum absolute atomic E-state index is 0.646. The predicted molar refractivity (Wildman–Crippen MR) is 82.5 cm³/mol. The highest BCUT2D eigenvalue weighted by Crippen LogP contribution is 2.41. The van der Waals surface area contributed by atoms with Crippen molar-refractivity contribution in [2.45, 2.75) is 19.3 Å². The summed E-state index contributed by atoms with van der Waals surface area (Å²) in [6.45, 7) is 0. The zero-order chi connectivity index (χ0) is 14.2. The van der Waals surface area contributed by atoms with Gasteiger partial charge in [0.05, 0.1) is 12.5 Å². The molecule has 1 aliphatic rings. The Kier molecular flexibility index (Phi) is 3.00. The summed E-state index contributed by atoms with van der Waals surface area (Å²) < 4.78 is 11.2. The minimum atomic E-state index is 0.646. The smallest absolute Gasteiger partial charge is 0.231 e. The fourth-order valence-electron chi connectivity index (χ4n) is 2.75. The van der Waals surface area contributed by atoms with Crippen LogP contribution in [0.2, 0.25) is 0 Å². The Balaban J connectivity index is 1.79.